The molecule has 0 aromatic heterocycles. The van der Waals surface area contributed by atoms with E-state index in [0.29, 0.717) is 16.3 Å². The maximum absolute atomic E-state index is 10.4. The van der Waals surface area contributed by atoms with Crippen molar-refractivity contribution in [3.8, 4) is 0 Å². The molecule has 1 rings (SSSR count). The zero-order valence-electron chi connectivity index (χ0n) is 8.22. The lowest BCUT2D eigenvalue weighted by Gasteiger charge is -2.00. The average Bonchev–Trinajstić information content (AvgIpc) is 2.25. The first-order valence-electron chi connectivity index (χ1n) is 4.32. The van der Waals surface area contributed by atoms with Gasteiger partial charge in [-0.25, -0.2) is 15.6 Å². The zero-order valence-corrected chi connectivity index (χ0v) is 8.98. The van der Waals surface area contributed by atoms with Crippen LogP contribution in [0.5, 0.6) is 0 Å². The summed E-state index contributed by atoms with van der Waals surface area (Å²) in [7, 11) is 0. The van der Waals surface area contributed by atoms with Gasteiger partial charge in [-0.05, 0) is 24.3 Å². The molecule has 0 aliphatic rings. The van der Waals surface area contributed by atoms with Crippen LogP contribution in [-0.4, -0.2) is 17.4 Å². The van der Waals surface area contributed by atoms with E-state index in [9.17, 15) is 4.79 Å². The first kappa shape index (κ1) is 12.2. The lowest BCUT2D eigenvalue weighted by molar-refractivity contribution is -0.131. The smallest absolute Gasteiger partial charge is 0.328 e. The predicted molar refractivity (Wildman–Crippen MR) is 63.6 cm³/mol. The van der Waals surface area contributed by atoms with Crippen LogP contribution in [0, 0.1) is 0 Å². The number of benzene rings is 1. The van der Waals surface area contributed by atoms with Gasteiger partial charge in [0.15, 0.2) is 0 Å². The van der Waals surface area contributed by atoms with Crippen molar-refractivity contribution in [1.29, 1.82) is 0 Å². The minimum Gasteiger partial charge on any atom is -0.478 e. The molecule has 0 bridgehead atoms. The normalized spacial score (nSPS) is 11.1. The molecule has 1 aromatic rings. The second kappa shape index (κ2) is 5.89. The number of hydrazine groups is 1. The molecule has 0 heterocycles. The van der Waals surface area contributed by atoms with Gasteiger partial charge < -0.3 is 10.5 Å². The van der Waals surface area contributed by atoms with E-state index in [-0.39, 0.29) is 0 Å². The number of nitrogens with one attached hydrogen (secondary N) is 1. The van der Waals surface area contributed by atoms with Crippen molar-refractivity contribution < 1.29 is 9.90 Å². The quantitative estimate of drug-likeness (QED) is 0.245. The number of hydrogen-bond acceptors (Lipinski definition) is 3. The Hall–Kier alpha value is -1.85. The maximum atomic E-state index is 10.4. The molecule has 5 nitrogen and oxygen atoms in total. The minimum atomic E-state index is -1.04. The highest BCUT2D eigenvalue weighted by Gasteiger charge is 1.99. The SMILES string of the molecule is NNC=Nc1ccc(Cl)cc1/C=C/C(=O)O. The number of carbonyl (C=O) groups is 1. The van der Waals surface area contributed by atoms with E-state index in [1.54, 1.807) is 18.2 Å². The summed E-state index contributed by atoms with van der Waals surface area (Å²) in [4.78, 5) is 14.4. The van der Waals surface area contributed by atoms with E-state index >= 15 is 0 Å². The molecule has 1 aromatic carbocycles. The fourth-order valence-electron chi connectivity index (χ4n) is 1.04. The highest BCUT2D eigenvalue weighted by atomic mass is 35.5. The summed E-state index contributed by atoms with van der Waals surface area (Å²) in [5.41, 5.74) is 3.43. The first-order valence-corrected chi connectivity index (χ1v) is 4.70. The average molecular weight is 240 g/mol. The zero-order chi connectivity index (χ0) is 12.0. The van der Waals surface area contributed by atoms with Crippen molar-refractivity contribution in [2.24, 2.45) is 10.8 Å². The molecule has 0 radical (unpaired) electrons. The van der Waals surface area contributed by atoms with Crippen molar-refractivity contribution in [3.63, 3.8) is 0 Å². The van der Waals surface area contributed by atoms with Gasteiger partial charge in [-0.3, -0.25) is 0 Å². The second-order valence-electron chi connectivity index (χ2n) is 2.80. The van der Waals surface area contributed by atoms with Crippen molar-refractivity contribution in [2.45, 2.75) is 0 Å². The largest absolute Gasteiger partial charge is 0.478 e. The Morgan fingerprint density at radius 2 is 2.31 bits per heavy atom. The molecule has 0 fully saturated rings. The van der Waals surface area contributed by atoms with Crippen molar-refractivity contribution >= 4 is 35.7 Å². The van der Waals surface area contributed by atoms with Gasteiger partial charge in [0.2, 0.25) is 0 Å². The molecule has 0 aliphatic heterocycles. The number of rotatable bonds is 4. The fourth-order valence-corrected chi connectivity index (χ4v) is 1.22. The van der Waals surface area contributed by atoms with Crippen LogP contribution in [-0.2, 0) is 4.79 Å². The standard InChI is InChI=1S/C10H10ClN3O2/c11-8-2-3-9(13-6-14-12)7(5-8)1-4-10(15)16/h1-6H,12H2,(H,13,14)(H,15,16)/b4-1+. The van der Waals surface area contributed by atoms with E-state index < -0.39 is 5.97 Å². The van der Waals surface area contributed by atoms with Gasteiger partial charge in [0, 0.05) is 16.7 Å². The maximum Gasteiger partial charge on any atom is 0.328 e. The molecule has 84 valence electrons. The molecular formula is C10H10ClN3O2. The van der Waals surface area contributed by atoms with Gasteiger partial charge in [0.05, 0.1) is 5.69 Å². The van der Waals surface area contributed by atoms with Gasteiger partial charge in [-0.1, -0.05) is 11.6 Å². The topological polar surface area (TPSA) is 87.7 Å². The van der Waals surface area contributed by atoms with Crippen LogP contribution < -0.4 is 11.3 Å². The van der Waals surface area contributed by atoms with Crippen molar-refractivity contribution in [3.05, 3.63) is 34.9 Å². The van der Waals surface area contributed by atoms with E-state index in [0.717, 1.165) is 6.08 Å². The molecule has 4 N–H and O–H groups in total. The lowest BCUT2D eigenvalue weighted by Crippen LogP contribution is -2.18. The number of aliphatic carboxylic acids is 1. The number of halogens is 1. The van der Waals surface area contributed by atoms with Gasteiger partial charge in [0.25, 0.3) is 0 Å². The van der Waals surface area contributed by atoms with Crippen LogP contribution >= 0.6 is 11.6 Å². The third kappa shape index (κ3) is 3.72. The van der Waals surface area contributed by atoms with Crippen LogP contribution in [0.3, 0.4) is 0 Å². The number of hydrogen-bond donors (Lipinski definition) is 3. The molecule has 0 saturated heterocycles. The van der Waals surface area contributed by atoms with Crippen LogP contribution in [0.15, 0.2) is 29.3 Å². The lowest BCUT2D eigenvalue weighted by atomic mass is 10.1. The fraction of sp³-hybridized carbons (Fsp3) is 0. The van der Waals surface area contributed by atoms with Crippen LogP contribution in [0.2, 0.25) is 5.02 Å². The van der Waals surface area contributed by atoms with Crippen molar-refractivity contribution in [1.82, 2.24) is 5.43 Å². The number of nitrogens with zero attached hydrogens (tertiary/aromatic N) is 1. The van der Waals surface area contributed by atoms with Crippen LogP contribution in [0.4, 0.5) is 5.69 Å². The summed E-state index contributed by atoms with van der Waals surface area (Å²) in [5.74, 6) is 4.01. The summed E-state index contributed by atoms with van der Waals surface area (Å²) in [5, 5.41) is 9.02. The Bertz CT molecular complexity index is 444. The second-order valence-corrected chi connectivity index (χ2v) is 3.24. The predicted octanol–water partition coefficient (Wildman–Crippen LogP) is 1.56. The molecule has 0 spiro atoms. The minimum absolute atomic E-state index is 0.504. The van der Waals surface area contributed by atoms with Gasteiger partial charge in [0.1, 0.15) is 6.34 Å². The molecule has 0 aliphatic carbocycles. The van der Waals surface area contributed by atoms with Gasteiger partial charge >= 0.3 is 5.97 Å². The summed E-state index contributed by atoms with van der Waals surface area (Å²) >= 11 is 5.79. The van der Waals surface area contributed by atoms with Crippen LogP contribution in [0.1, 0.15) is 5.56 Å². The van der Waals surface area contributed by atoms with Crippen molar-refractivity contribution in [2.75, 3.05) is 0 Å². The Morgan fingerprint density at radius 3 is 2.94 bits per heavy atom. The van der Waals surface area contributed by atoms with Gasteiger partial charge in [-0.2, -0.15) is 0 Å². The van der Waals surface area contributed by atoms with Gasteiger partial charge in [-0.15, -0.1) is 0 Å². The number of carboxylic acid groups (broad SMARTS) is 1. The number of nitrogens with two attached hydrogens (primary N) is 1. The highest BCUT2D eigenvalue weighted by Crippen LogP contribution is 2.24. The molecule has 0 amide bonds. The highest BCUT2D eigenvalue weighted by molar-refractivity contribution is 6.30. The number of carboxylic acids is 1. The Kier molecular flexibility index (Phi) is 4.50. The molecule has 6 heteroatoms. The first-order chi connectivity index (χ1) is 7.63. The molecular weight excluding hydrogens is 230 g/mol. The van der Waals surface area contributed by atoms with E-state index in [1.807, 2.05) is 0 Å². The third-order valence-electron chi connectivity index (χ3n) is 1.67. The van der Waals surface area contributed by atoms with E-state index in [4.69, 9.17) is 22.6 Å². The monoisotopic (exact) mass is 239 g/mol. The summed E-state index contributed by atoms with van der Waals surface area (Å²) in [6.07, 6.45) is 3.72. The third-order valence-corrected chi connectivity index (χ3v) is 1.91. The summed E-state index contributed by atoms with van der Waals surface area (Å²) in [6.45, 7) is 0. The van der Waals surface area contributed by atoms with E-state index in [1.165, 1.54) is 12.4 Å². The molecule has 16 heavy (non-hydrogen) atoms. The Balaban J connectivity index is 3.07. The molecule has 0 saturated carbocycles. The Labute approximate surface area is 97.2 Å². The number of aliphatic imine (C=N–C) groups is 1. The Morgan fingerprint density at radius 1 is 1.56 bits per heavy atom. The van der Waals surface area contributed by atoms with Crippen LogP contribution in [0.25, 0.3) is 6.08 Å². The summed E-state index contributed by atoms with van der Waals surface area (Å²) in [6, 6.07) is 4.94. The van der Waals surface area contributed by atoms with E-state index in [2.05, 4.69) is 10.4 Å². The molecule has 0 atom stereocenters. The summed E-state index contributed by atoms with van der Waals surface area (Å²) < 4.78 is 0. The molecule has 0 unspecified atom stereocenters.